The molecular weight excluding hydrogens is 303 g/mol. The number of carbonyl (C=O) groups is 1. The van der Waals surface area contributed by atoms with Crippen molar-refractivity contribution in [3.05, 3.63) is 35.6 Å². The van der Waals surface area contributed by atoms with Crippen LogP contribution in [-0.2, 0) is 11.3 Å². The number of hydrogen-bond acceptors (Lipinski definition) is 2. The lowest BCUT2D eigenvalue weighted by atomic mass is 9.71. The molecule has 1 amide bonds. The van der Waals surface area contributed by atoms with Crippen LogP contribution in [0.5, 0.6) is 0 Å². The van der Waals surface area contributed by atoms with Gasteiger partial charge in [0.05, 0.1) is 0 Å². The molecule has 0 heterocycles. The fourth-order valence-corrected chi connectivity index (χ4v) is 3.21. The summed E-state index contributed by atoms with van der Waals surface area (Å²) in [6.45, 7) is 1.02. The fourth-order valence-electron chi connectivity index (χ4n) is 3.21. The van der Waals surface area contributed by atoms with Crippen molar-refractivity contribution in [1.29, 1.82) is 0 Å². The van der Waals surface area contributed by atoms with Crippen LogP contribution in [0.3, 0.4) is 0 Å². The molecule has 22 heavy (non-hydrogen) atoms. The smallest absolute Gasteiger partial charge is 0.223 e. The lowest BCUT2D eigenvalue weighted by Crippen LogP contribution is -2.39. The normalized spacial score (nSPS) is 16.7. The molecule has 2 N–H and O–H groups in total. The molecule has 1 aliphatic rings. The van der Waals surface area contributed by atoms with Gasteiger partial charge in [-0.15, -0.1) is 12.4 Å². The second-order valence-corrected chi connectivity index (χ2v) is 6.32. The minimum Gasteiger partial charge on any atom is -0.341 e. The lowest BCUT2D eigenvalue weighted by molar-refractivity contribution is -0.133. The third kappa shape index (κ3) is 4.96. The van der Waals surface area contributed by atoms with Crippen molar-refractivity contribution in [2.75, 3.05) is 13.6 Å². The van der Waals surface area contributed by atoms with E-state index in [9.17, 15) is 9.18 Å². The molecule has 0 spiro atoms. The molecule has 0 aromatic heterocycles. The summed E-state index contributed by atoms with van der Waals surface area (Å²) in [5, 5.41) is 0. The van der Waals surface area contributed by atoms with Gasteiger partial charge in [-0.2, -0.15) is 0 Å². The summed E-state index contributed by atoms with van der Waals surface area (Å²) in [6, 6.07) is 6.40. The van der Waals surface area contributed by atoms with Gasteiger partial charge in [-0.05, 0) is 42.5 Å². The Bertz CT molecular complexity index is 489. The van der Waals surface area contributed by atoms with Gasteiger partial charge in [-0.3, -0.25) is 4.79 Å². The van der Waals surface area contributed by atoms with Gasteiger partial charge in [0.25, 0.3) is 0 Å². The summed E-state index contributed by atoms with van der Waals surface area (Å²) in [5.74, 6) is -0.161. The Morgan fingerprint density at radius 2 is 2.00 bits per heavy atom. The quantitative estimate of drug-likeness (QED) is 0.899. The fraction of sp³-hybridized carbons (Fsp3) is 0.588. The van der Waals surface area contributed by atoms with E-state index in [-0.39, 0.29) is 29.5 Å². The second-order valence-electron chi connectivity index (χ2n) is 6.32. The number of nitrogens with zero attached hydrogens (tertiary/aromatic N) is 1. The average molecular weight is 329 g/mol. The van der Waals surface area contributed by atoms with Crippen LogP contribution in [0.25, 0.3) is 0 Å². The van der Waals surface area contributed by atoms with Gasteiger partial charge < -0.3 is 10.6 Å². The first-order chi connectivity index (χ1) is 10.0. The van der Waals surface area contributed by atoms with Crippen LogP contribution in [0, 0.1) is 11.2 Å². The summed E-state index contributed by atoms with van der Waals surface area (Å²) in [6.07, 6.45) is 6.17. The van der Waals surface area contributed by atoms with Crippen molar-refractivity contribution in [2.45, 2.75) is 45.1 Å². The molecule has 0 saturated heterocycles. The first kappa shape index (κ1) is 18.9. The number of halogens is 2. The number of amides is 1. The van der Waals surface area contributed by atoms with Gasteiger partial charge in [0.2, 0.25) is 5.91 Å². The summed E-state index contributed by atoms with van der Waals surface area (Å²) < 4.78 is 13.2. The summed E-state index contributed by atoms with van der Waals surface area (Å²) in [7, 11) is 1.78. The van der Waals surface area contributed by atoms with Crippen molar-refractivity contribution in [3.63, 3.8) is 0 Å². The molecule has 5 heteroatoms. The van der Waals surface area contributed by atoms with Crippen LogP contribution in [-0.4, -0.2) is 24.4 Å². The Balaban J connectivity index is 0.00000242. The van der Waals surface area contributed by atoms with Crippen LogP contribution in [0.15, 0.2) is 24.3 Å². The maximum Gasteiger partial charge on any atom is 0.223 e. The molecule has 1 saturated carbocycles. The van der Waals surface area contributed by atoms with E-state index in [4.69, 9.17) is 5.73 Å². The van der Waals surface area contributed by atoms with Gasteiger partial charge in [-0.1, -0.05) is 31.4 Å². The second kappa shape index (κ2) is 8.49. The molecule has 2 rings (SSSR count). The van der Waals surface area contributed by atoms with E-state index in [1.807, 2.05) is 6.07 Å². The van der Waals surface area contributed by atoms with Gasteiger partial charge in [-0.25, -0.2) is 4.39 Å². The lowest BCUT2D eigenvalue weighted by Gasteiger charge is -2.36. The highest BCUT2D eigenvalue weighted by Crippen LogP contribution is 2.38. The summed E-state index contributed by atoms with van der Waals surface area (Å²) in [4.78, 5) is 14.1. The number of hydrogen-bond donors (Lipinski definition) is 1. The Kier molecular flexibility index (Phi) is 7.30. The number of nitrogens with two attached hydrogens (primary N) is 1. The van der Waals surface area contributed by atoms with Crippen LogP contribution in [0.2, 0.25) is 0 Å². The average Bonchev–Trinajstić information content (AvgIpc) is 2.48. The number of rotatable bonds is 5. The zero-order valence-corrected chi connectivity index (χ0v) is 14.0. The van der Waals surface area contributed by atoms with Crippen molar-refractivity contribution in [3.8, 4) is 0 Å². The van der Waals surface area contributed by atoms with E-state index in [0.717, 1.165) is 31.2 Å². The number of carbonyl (C=O) groups excluding carboxylic acids is 1. The van der Waals surface area contributed by atoms with Crippen LogP contribution in [0.1, 0.15) is 44.1 Å². The molecule has 0 unspecified atom stereocenters. The van der Waals surface area contributed by atoms with Gasteiger partial charge in [0.1, 0.15) is 5.82 Å². The van der Waals surface area contributed by atoms with E-state index in [1.54, 1.807) is 18.0 Å². The monoisotopic (exact) mass is 328 g/mol. The minimum absolute atomic E-state index is 0. The molecule has 1 fully saturated rings. The Morgan fingerprint density at radius 3 is 2.59 bits per heavy atom. The number of benzene rings is 1. The highest BCUT2D eigenvalue weighted by molar-refractivity contribution is 5.85. The topological polar surface area (TPSA) is 46.3 Å². The van der Waals surface area contributed by atoms with E-state index in [0.29, 0.717) is 19.5 Å². The highest BCUT2D eigenvalue weighted by Gasteiger charge is 2.33. The Morgan fingerprint density at radius 1 is 1.32 bits per heavy atom. The zero-order valence-electron chi connectivity index (χ0n) is 13.2. The Labute approximate surface area is 138 Å². The molecule has 0 radical (unpaired) electrons. The molecule has 124 valence electrons. The molecule has 0 atom stereocenters. The molecule has 1 aliphatic carbocycles. The van der Waals surface area contributed by atoms with Crippen molar-refractivity contribution >= 4 is 18.3 Å². The maximum absolute atomic E-state index is 13.2. The maximum atomic E-state index is 13.2. The van der Waals surface area contributed by atoms with Crippen LogP contribution >= 0.6 is 12.4 Å². The highest BCUT2D eigenvalue weighted by atomic mass is 35.5. The Hall–Kier alpha value is -1.13. The predicted octanol–water partition coefficient (Wildman–Crippen LogP) is 3.51. The van der Waals surface area contributed by atoms with Crippen molar-refractivity contribution in [2.24, 2.45) is 11.1 Å². The minimum atomic E-state index is -0.265. The first-order valence-corrected chi connectivity index (χ1v) is 7.73. The van der Waals surface area contributed by atoms with E-state index in [1.165, 1.54) is 18.6 Å². The van der Waals surface area contributed by atoms with Gasteiger partial charge >= 0.3 is 0 Å². The van der Waals surface area contributed by atoms with Crippen LogP contribution in [0.4, 0.5) is 4.39 Å². The molecule has 0 aliphatic heterocycles. The molecule has 0 bridgehead atoms. The SMILES string of the molecule is CN(Cc1cccc(F)c1)C(=O)CC1(CN)CCCCC1.Cl. The summed E-state index contributed by atoms with van der Waals surface area (Å²) >= 11 is 0. The van der Waals surface area contributed by atoms with E-state index >= 15 is 0 Å². The van der Waals surface area contributed by atoms with Crippen LogP contribution < -0.4 is 5.73 Å². The van der Waals surface area contributed by atoms with Gasteiger partial charge in [0.15, 0.2) is 0 Å². The largest absolute Gasteiger partial charge is 0.341 e. The molecule has 3 nitrogen and oxygen atoms in total. The van der Waals surface area contributed by atoms with Gasteiger partial charge in [0, 0.05) is 20.0 Å². The predicted molar refractivity (Wildman–Crippen MR) is 89.3 cm³/mol. The molecule has 1 aromatic rings. The first-order valence-electron chi connectivity index (χ1n) is 7.73. The molecule has 1 aromatic carbocycles. The third-order valence-corrected chi connectivity index (χ3v) is 4.61. The molecular formula is C17H26ClFN2O. The van der Waals surface area contributed by atoms with Crippen molar-refractivity contribution < 1.29 is 9.18 Å². The standard InChI is InChI=1S/C17H25FN2O.ClH/c1-20(12-14-6-5-7-15(18)10-14)16(21)11-17(13-19)8-3-2-4-9-17;/h5-7,10H,2-4,8-9,11-13,19H2,1H3;1H. The van der Waals surface area contributed by atoms with E-state index < -0.39 is 0 Å². The zero-order chi connectivity index (χ0) is 15.3. The van der Waals surface area contributed by atoms with Crippen molar-refractivity contribution in [1.82, 2.24) is 4.90 Å². The third-order valence-electron chi connectivity index (χ3n) is 4.61. The summed E-state index contributed by atoms with van der Waals surface area (Å²) in [5.41, 5.74) is 6.73. The van der Waals surface area contributed by atoms with E-state index in [2.05, 4.69) is 0 Å².